The largest absolute Gasteiger partial charge is 0.337 e. The molecule has 2 heterocycles. The van der Waals surface area contributed by atoms with Crippen LogP contribution in [0.3, 0.4) is 0 Å². The lowest BCUT2D eigenvalue weighted by atomic mass is 9.87. The highest BCUT2D eigenvalue weighted by Crippen LogP contribution is 2.27. The third-order valence-corrected chi connectivity index (χ3v) is 6.52. The highest BCUT2D eigenvalue weighted by atomic mass is 16.6. The third-order valence-electron chi connectivity index (χ3n) is 6.52. The number of hydroxylamine groups is 1. The molecule has 0 radical (unpaired) electrons. The van der Waals surface area contributed by atoms with E-state index in [2.05, 4.69) is 41.9 Å². The Balaban J connectivity index is 1.36. The van der Waals surface area contributed by atoms with Crippen LogP contribution in [-0.2, 0) is 10.3 Å². The molecule has 0 aliphatic heterocycles. The fourth-order valence-electron chi connectivity index (χ4n) is 4.27. The monoisotopic (exact) mass is 548 g/mol. The number of amides is 2. The standard InChI is InChI=1S/C32H32N6O3/c1-5-41-37-31(40)22-11-15-25(16-12-22)34-28-29-33-17-18-38(29)20-27(36-28)23-7-6-8-26(19-23)35-30(39)21-9-13-24(14-10-21)32(2,3)4/h6-20H,5H2,1-4H3,(H,34,36)(H,35,39)(H,37,40). The first-order valence-corrected chi connectivity index (χ1v) is 13.4. The quantitative estimate of drug-likeness (QED) is 0.194. The number of carbonyl (C=O) groups is 2. The van der Waals surface area contributed by atoms with Gasteiger partial charge in [0.1, 0.15) is 0 Å². The molecule has 0 bridgehead atoms. The second-order valence-corrected chi connectivity index (χ2v) is 10.6. The lowest BCUT2D eigenvalue weighted by Crippen LogP contribution is -2.23. The highest BCUT2D eigenvalue weighted by molar-refractivity contribution is 6.04. The zero-order valence-electron chi connectivity index (χ0n) is 23.4. The smallest absolute Gasteiger partial charge is 0.274 e. The molecule has 0 aliphatic carbocycles. The summed E-state index contributed by atoms with van der Waals surface area (Å²) < 4.78 is 1.89. The Labute approximate surface area is 238 Å². The Morgan fingerprint density at radius 1 is 0.902 bits per heavy atom. The van der Waals surface area contributed by atoms with E-state index < -0.39 is 0 Å². The van der Waals surface area contributed by atoms with E-state index >= 15 is 0 Å². The second-order valence-electron chi connectivity index (χ2n) is 10.6. The number of benzene rings is 3. The highest BCUT2D eigenvalue weighted by Gasteiger charge is 2.15. The number of rotatable bonds is 8. The molecule has 5 rings (SSSR count). The van der Waals surface area contributed by atoms with Crippen molar-refractivity contribution in [2.24, 2.45) is 0 Å². The summed E-state index contributed by atoms with van der Waals surface area (Å²) in [5.74, 6) is 0.0526. The van der Waals surface area contributed by atoms with Crippen molar-refractivity contribution in [2.75, 3.05) is 17.2 Å². The van der Waals surface area contributed by atoms with Gasteiger partial charge in [-0.05, 0) is 66.4 Å². The van der Waals surface area contributed by atoms with Gasteiger partial charge in [-0.25, -0.2) is 15.4 Å². The summed E-state index contributed by atoms with van der Waals surface area (Å²) in [6, 6.07) is 22.2. The maximum atomic E-state index is 13.0. The fourth-order valence-corrected chi connectivity index (χ4v) is 4.27. The first kappa shape index (κ1) is 27.5. The van der Waals surface area contributed by atoms with Crippen LogP contribution < -0.4 is 16.1 Å². The number of hydrogen-bond donors (Lipinski definition) is 3. The Morgan fingerprint density at radius 3 is 2.32 bits per heavy atom. The topological polar surface area (TPSA) is 110 Å². The Morgan fingerprint density at radius 2 is 1.61 bits per heavy atom. The average molecular weight is 549 g/mol. The van der Waals surface area contributed by atoms with Gasteiger partial charge in [-0.15, -0.1) is 0 Å². The molecule has 9 nitrogen and oxygen atoms in total. The lowest BCUT2D eigenvalue weighted by Gasteiger charge is -2.19. The minimum atomic E-state index is -0.317. The minimum absolute atomic E-state index is 0.0179. The molecule has 208 valence electrons. The van der Waals surface area contributed by atoms with Crippen LogP contribution in [0.4, 0.5) is 17.2 Å². The molecule has 0 spiro atoms. The average Bonchev–Trinajstić information content (AvgIpc) is 3.45. The van der Waals surface area contributed by atoms with Gasteiger partial charge in [0.15, 0.2) is 11.5 Å². The molecule has 2 amide bonds. The normalized spacial score (nSPS) is 11.3. The number of fused-ring (bicyclic) bond motifs is 1. The van der Waals surface area contributed by atoms with Crippen molar-refractivity contribution in [1.29, 1.82) is 0 Å². The molecule has 41 heavy (non-hydrogen) atoms. The molecule has 9 heteroatoms. The van der Waals surface area contributed by atoms with Gasteiger partial charge in [-0.3, -0.25) is 14.4 Å². The molecule has 5 aromatic rings. The summed E-state index contributed by atoms with van der Waals surface area (Å²) in [5, 5.41) is 6.31. The predicted molar refractivity (Wildman–Crippen MR) is 160 cm³/mol. The number of nitrogens with zero attached hydrogens (tertiary/aromatic N) is 3. The number of imidazole rings is 1. The lowest BCUT2D eigenvalue weighted by molar-refractivity contribution is 0.0364. The van der Waals surface area contributed by atoms with Gasteiger partial charge in [-0.1, -0.05) is 45.0 Å². The Bertz CT molecular complexity index is 1690. The summed E-state index contributed by atoms with van der Waals surface area (Å²) in [4.78, 5) is 39.3. The van der Waals surface area contributed by atoms with E-state index in [4.69, 9.17) is 9.82 Å². The van der Waals surface area contributed by atoms with Crippen molar-refractivity contribution in [3.05, 3.63) is 108 Å². The first-order chi connectivity index (χ1) is 19.7. The maximum absolute atomic E-state index is 13.0. The fraction of sp³-hybridized carbons (Fsp3) is 0.188. The number of nitrogens with one attached hydrogen (secondary N) is 3. The van der Waals surface area contributed by atoms with Crippen molar-refractivity contribution in [2.45, 2.75) is 33.1 Å². The van der Waals surface area contributed by atoms with Crippen molar-refractivity contribution < 1.29 is 14.4 Å². The molecule has 0 atom stereocenters. The minimum Gasteiger partial charge on any atom is -0.337 e. The Kier molecular flexibility index (Phi) is 7.80. The van der Waals surface area contributed by atoms with Crippen LogP contribution in [0.2, 0.25) is 0 Å². The number of aromatic nitrogens is 3. The van der Waals surface area contributed by atoms with Crippen molar-refractivity contribution in [3.63, 3.8) is 0 Å². The molecule has 3 aromatic carbocycles. The van der Waals surface area contributed by atoms with Crippen LogP contribution >= 0.6 is 0 Å². The molecule has 0 saturated carbocycles. The van der Waals surface area contributed by atoms with Crippen LogP contribution in [0.25, 0.3) is 16.9 Å². The van der Waals surface area contributed by atoms with E-state index in [1.165, 1.54) is 5.56 Å². The zero-order chi connectivity index (χ0) is 29.0. The van der Waals surface area contributed by atoms with E-state index in [9.17, 15) is 9.59 Å². The van der Waals surface area contributed by atoms with Crippen LogP contribution in [0, 0.1) is 0 Å². The second kappa shape index (κ2) is 11.6. The van der Waals surface area contributed by atoms with Crippen molar-refractivity contribution in [3.8, 4) is 11.3 Å². The van der Waals surface area contributed by atoms with Crippen molar-refractivity contribution in [1.82, 2.24) is 19.8 Å². The predicted octanol–water partition coefficient (Wildman–Crippen LogP) is 6.37. The van der Waals surface area contributed by atoms with E-state index in [0.29, 0.717) is 40.6 Å². The summed E-state index contributed by atoms with van der Waals surface area (Å²) in [7, 11) is 0. The van der Waals surface area contributed by atoms with Gasteiger partial charge in [0.05, 0.1) is 12.3 Å². The number of carbonyl (C=O) groups excluding carboxylic acids is 2. The van der Waals surface area contributed by atoms with Crippen LogP contribution in [0.5, 0.6) is 0 Å². The molecule has 0 fully saturated rings. The van der Waals surface area contributed by atoms with Gasteiger partial charge in [0, 0.05) is 46.7 Å². The van der Waals surface area contributed by atoms with Gasteiger partial charge in [-0.2, -0.15) is 0 Å². The van der Waals surface area contributed by atoms with Crippen LogP contribution in [-0.4, -0.2) is 32.8 Å². The van der Waals surface area contributed by atoms with E-state index in [0.717, 1.165) is 11.3 Å². The van der Waals surface area contributed by atoms with Crippen molar-refractivity contribution >= 4 is 34.7 Å². The number of hydrogen-bond acceptors (Lipinski definition) is 6. The molecule has 0 unspecified atom stereocenters. The zero-order valence-corrected chi connectivity index (χ0v) is 23.4. The van der Waals surface area contributed by atoms with E-state index in [1.54, 1.807) is 37.4 Å². The summed E-state index contributed by atoms with van der Waals surface area (Å²) >= 11 is 0. The Hall–Kier alpha value is -5.02. The summed E-state index contributed by atoms with van der Waals surface area (Å²) in [5.41, 5.74) is 8.21. The summed E-state index contributed by atoms with van der Waals surface area (Å²) in [6.45, 7) is 8.61. The number of anilines is 3. The molecule has 0 aliphatic rings. The first-order valence-electron chi connectivity index (χ1n) is 13.4. The van der Waals surface area contributed by atoms with Gasteiger partial charge < -0.3 is 15.0 Å². The molecular formula is C32H32N6O3. The maximum Gasteiger partial charge on any atom is 0.274 e. The van der Waals surface area contributed by atoms with Gasteiger partial charge >= 0.3 is 0 Å². The van der Waals surface area contributed by atoms with E-state index in [-0.39, 0.29) is 17.2 Å². The van der Waals surface area contributed by atoms with Gasteiger partial charge in [0.2, 0.25) is 0 Å². The SMILES string of the molecule is CCONC(=O)c1ccc(Nc2nc(-c3cccc(NC(=O)c4ccc(C(C)(C)C)cc4)c3)cn3ccnc23)cc1. The van der Waals surface area contributed by atoms with Crippen LogP contribution in [0.15, 0.2) is 91.4 Å². The molecule has 0 saturated heterocycles. The van der Waals surface area contributed by atoms with Gasteiger partial charge in [0.25, 0.3) is 11.8 Å². The molecular weight excluding hydrogens is 516 g/mol. The molecule has 2 aromatic heterocycles. The van der Waals surface area contributed by atoms with E-state index in [1.807, 2.05) is 65.3 Å². The molecule has 3 N–H and O–H groups in total. The third kappa shape index (κ3) is 6.42. The summed E-state index contributed by atoms with van der Waals surface area (Å²) in [6.07, 6.45) is 5.44. The van der Waals surface area contributed by atoms with Crippen LogP contribution in [0.1, 0.15) is 54.0 Å².